The van der Waals surface area contributed by atoms with Crippen molar-refractivity contribution in [2.75, 3.05) is 39.0 Å². The van der Waals surface area contributed by atoms with Crippen molar-refractivity contribution in [2.24, 2.45) is 0 Å². The van der Waals surface area contributed by atoms with E-state index in [-0.39, 0.29) is 23.7 Å². The lowest BCUT2D eigenvalue weighted by atomic mass is 9.94. The molecule has 4 heterocycles. The smallest absolute Gasteiger partial charge is 0.238 e. The molecule has 2 unspecified atom stereocenters. The number of likely N-dealkylation sites (tertiary alicyclic amines) is 1. The highest BCUT2D eigenvalue weighted by atomic mass is 32.2. The molecule has 240 valence electrons. The molecule has 0 radical (unpaired) electrons. The van der Waals surface area contributed by atoms with Gasteiger partial charge < -0.3 is 10.2 Å². The van der Waals surface area contributed by atoms with Crippen LogP contribution in [0.1, 0.15) is 29.7 Å². The normalized spacial score (nSPS) is 20.9. The summed E-state index contributed by atoms with van der Waals surface area (Å²) in [4.78, 5) is 39.7. The molecule has 2 atom stereocenters. The zero-order valence-electron chi connectivity index (χ0n) is 26.2. The van der Waals surface area contributed by atoms with Gasteiger partial charge in [0.1, 0.15) is 10.6 Å². The number of amides is 2. The van der Waals surface area contributed by atoms with E-state index in [1.54, 1.807) is 42.4 Å². The Morgan fingerprint density at radius 2 is 1.79 bits per heavy atom. The number of halogens is 1. The van der Waals surface area contributed by atoms with E-state index in [9.17, 15) is 14.0 Å². The molecule has 2 aromatic heterocycles. The monoisotopic (exact) mass is 649 g/mol. The summed E-state index contributed by atoms with van der Waals surface area (Å²) in [6.07, 6.45) is 13.6. The van der Waals surface area contributed by atoms with Crippen molar-refractivity contribution in [1.29, 1.82) is 0 Å². The highest BCUT2D eigenvalue weighted by Crippen LogP contribution is 2.35. The first-order valence-electron chi connectivity index (χ1n) is 15.9. The Morgan fingerprint density at radius 1 is 1.04 bits per heavy atom. The molecule has 3 aliphatic rings. The minimum Gasteiger partial charge on any atom is -0.348 e. The van der Waals surface area contributed by atoms with Crippen molar-refractivity contribution < 1.29 is 14.0 Å². The highest BCUT2D eigenvalue weighted by molar-refractivity contribution is 8.00. The third kappa shape index (κ3) is 6.50. The van der Waals surface area contributed by atoms with Gasteiger partial charge in [-0.2, -0.15) is 5.10 Å². The second-order valence-electron chi connectivity index (χ2n) is 12.2. The molecule has 9 nitrogen and oxygen atoms in total. The molecular weight excluding hydrogens is 614 g/mol. The van der Waals surface area contributed by atoms with Crippen molar-refractivity contribution in [3.8, 4) is 22.6 Å². The van der Waals surface area contributed by atoms with Crippen LogP contribution in [0, 0.1) is 5.82 Å². The molecule has 0 bridgehead atoms. The van der Waals surface area contributed by atoms with E-state index < -0.39 is 4.75 Å². The average Bonchev–Trinajstić information content (AvgIpc) is 3.74. The zero-order chi connectivity index (χ0) is 32.4. The SMILES string of the molecule is CSC1(C(=O)NC2C=Cc3[nH]nc(-c4ccc(F)cc4)c3C2)CCN(CC(=O)N2CC=C(c3ccc(-c4ncccn4)cc3)CC2)C1. The maximum Gasteiger partial charge on any atom is 0.238 e. The summed E-state index contributed by atoms with van der Waals surface area (Å²) in [5.74, 6) is 0.483. The summed E-state index contributed by atoms with van der Waals surface area (Å²) in [5.41, 5.74) is 6.85. The van der Waals surface area contributed by atoms with E-state index in [1.165, 1.54) is 17.7 Å². The Kier molecular flexibility index (Phi) is 8.74. The Morgan fingerprint density at radius 3 is 2.51 bits per heavy atom. The van der Waals surface area contributed by atoms with E-state index in [0.717, 1.165) is 40.1 Å². The van der Waals surface area contributed by atoms with E-state index in [4.69, 9.17) is 0 Å². The number of carbonyl (C=O) groups excluding carboxylic acids is 2. The maximum atomic E-state index is 13.7. The number of benzene rings is 2. The molecule has 1 aliphatic carbocycles. The molecule has 47 heavy (non-hydrogen) atoms. The van der Waals surface area contributed by atoms with Crippen LogP contribution in [0.15, 0.2) is 79.1 Å². The fraction of sp³-hybridized carbons (Fsp3) is 0.306. The van der Waals surface area contributed by atoms with Crippen LogP contribution in [0.25, 0.3) is 34.3 Å². The molecule has 7 rings (SSSR count). The molecule has 11 heteroatoms. The predicted molar refractivity (Wildman–Crippen MR) is 183 cm³/mol. The summed E-state index contributed by atoms with van der Waals surface area (Å²) < 4.78 is 12.9. The topological polar surface area (TPSA) is 107 Å². The van der Waals surface area contributed by atoms with Crippen molar-refractivity contribution in [2.45, 2.75) is 30.1 Å². The maximum absolute atomic E-state index is 13.7. The average molecular weight is 650 g/mol. The Bertz CT molecular complexity index is 1820. The van der Waals surface area contributed by atoms with Gasteiger partial charge in [0.15, 0.2) is 5.82 Å². The fourth-order valence-corrected chi connectivity index (χ4v) is 7.49. The Labute approximate surface area is 277 Å². The van der Waals surface area contributed by atoms with Gasteiger partial charge in [-0.25, -0.2) is 14.4 Å². The number of hydrogen-bond donors (Lipinski definition) is 2. The van der Waals surface area contributed by atoms with Gasteiger partial charge in [0, 0.05) is 61.7 Å². The van der Waals surface area contributed by atoms with Crippen molar-refractivity contribution in [3.63, 3.8) is 0 Å². The standard InChI is InChI=1S/C36H36FN7O2S/c1-47-36(35(46)40-29-11-12-31-30(21-29)33(42-41-31)26-7-9-28(37)10-8-26)15-20-43(23-36)22-32(45)44-18-13-25(14-19-44)24-3-5-27(6-4-24)34-38-16-2-17-39-34/h2-13,16-17,29H,14-15,18-23H2,1H3,(H,40,46)(H,41,42). The Hall–Kier alpha value is -4.61. The predicted octanol–water partition coefficient (Wildman–Crippen LogP) is 4.85. The molecule has 2 amide bonds. The van der Waals surface area contributed by atoms with Crippen LogP contribution in [0.2, 0.25) is 0 Å². The summed E-state index contributed by atoms with van der Waals surface area (Å²) in [6.45, 7) is 2.75. The molecule has 1 saturated heterocycles. The number of aromatic nitrogens is 4. The molecule has 2 N–H and O–H groups in total. The number of carbonyl (C=O) groups is 2. The van der Waals surface area contributed by atoms with E-state index in [1.807, 2.05) is 35.4 Å². The number of hydrogen-bond acceptors (Lipinski definition) is 7. The highest BCUT2D eigenvalue weighted by Gasteiger charge is 2.45. The molecule has 2 aromatic carbocycles. The van der Waals surface area contributed by atoms with Gasteiger partial charge in [0.05, 0.1) is 24.0 Å². The van der Waals surface area contributed by atoms with Crippen LogP contribution in [0.5, 0.6) is 0 Å². The van der Waals surface area contributed by atoms with Gasteiger partial charge in [-0.15, -0.1) is 11.8 Å². The summed E-state index contributed by atoms with van der Waals surface area (Å²) in [6, 6.07) is 16.2. The number of aromatic amines is 1. The first kappa shape index (κ1) is 31.0. The molecular formula is C36H36FN7O2S. The third-order valence-corrected chi connectivity index (χ3v) is 10.7. The van der Waals surface area contributed by atoms with Crippen molar-refractivity contribution in [1.82, 2.24) is 35.3 Å². The number of nitrogens with one attached hydrogen (secondary N) is 2. The summed E-state index contributed by atoms with van der Waals surface area (Å²) in [5, 5.41) is 10.8. The lowest BCUT2D eigenvalue weighted by molar-refractivity contribution is -0.132. The second kappa shape index (κ2) is 13.2. The van der Waals surface area contributed by atoms with Crippen LogP contribution >= 0.6 is 11.8 Å². The number of H-pyrrole nitrogens is 1. The largest absolute Gasteiger partial charge is 0.348 e. The third-order valence-electron chi connectivity index (χ3n) is 9.37. The molecule has 1 fully saturated rings. The quantitative estimate of drug-likeness (QED) is 0.281. The van der Waals surface area contributed by atoms with Crippen LogP contribution in [-0.2, 0) is 16.0 Å². The molecule has 2 aliphatic heterocycles. The van der Waals surface area contributed by atoms with Crippen molar-refractivity contribution >= 4 is 35.2 Å². The van der Waals surface area contributed by atoms with Crippen molar-refractivity contribution in [3.05, 3.63) is 102 Å². The van der Waals surface area contributed by atoms with Gasteiger partial charge in [-0.05, 0) is 66.6 Å². The minimum atomic E-state index is -0.628. The first-order chi connectivity index (χ1) is 22.9. The zero-order valence-corrected chi connectivity index (χ0v) is 27.0. The number of fused-ring (bicyclic) bond motifs is 1. The van der Waals surface area contributed by atoms with Gasteiger partial charge in [0.2, 0.25) is 11.8 Å². The summed E-state index contributed by atoms with van der Waals surface area (Å²) >= 11 is 1.55. The molecule has 0 saturated carbocycles. The van der Waals surface area contributed by atoms with Crippen LogP contribution in [-0.4, -0.2) is 91.5 Å². The number of thioether (sulfide) groups is 1. The van der Waals surface area contributed by atoms with Gasteiger partial charge in [0.25, 0.3) is 0 Å². The van der Waals surface area contributed by atoms with Gasteiger partial charge in [-0.3, -0.25) is 19.6 Å². The van der Waals surface area contributed by atoms with Crippen LogP contribution in [0.4, 0.5) is 4.39 Å². The van der Waals surface area contributed by atoms with Crippen LogP contribution in [0.3, 0.4) is 0 Å². The Balaban J connectivity index is 0.931. The minimum absolute atomic E-state index is 0.0136. The fourth-order valence-electron chi connectivity index (χ4n) is 6.64. The lowest BCUT2D eigenvalue weighted by Crippen LogP contribution is -2.50. The van der Waals surface area contributed by atoms with Gasteiger partial charge >= 0.3 is 0 Å². The number of nitrogens with zero attached hydrogens (tertiary/aromatic N) is 5. The molecule has 0 spiro atoms. The van der Waals surface area contributed by atoms with Crippen LogP contribution < -0.4 is 5.32 Å². The van der Waals surface area contributed by atoms with E-state index in [2.05, 4.69) is 48.6 Å². The number of rotatable bonds is 8. The van der Waals surface area contributed by atoms with E-state index >= 15 is 0 Å². The van der Waals surface area contributed by atoms with Gasteiger partial charge in [-0.1, -0.05) is 36.4 Å². The lowest BCUT2D eigenvalue weighted by Gasteiger charge is -2.30. The summed E-state index contributed by atoms with van der Waals surface area (Å²) in [7, 11) is 0. The second-order valence-corrected chi connectivity index (χ2v) is 13.4. The first-order valence-corrected chi connectivity index (χ1v) is 17.1. The van der Waals surface area contributed by atoms with E-state index in [0.29, 0.717) is 51.4 Å². The molecule has 4 aromatic rings.